The monoisotopic (exact) mass is 156 g/mol. The van der Waals surface area contributed by atoms with Crippen LogP contribution < -0.4 is 5.32 Å². The van der Waals surface area contributed by atoms with Gasteiger partial charge in [0.05, 0.1) is 0 Å². The first-order chi connectivity index (χ1) is 5.34. The Morgan fingerprint density at radius 1 is 1.55 bits per heavy atom. The number of amides is 1. The predicted octanol–water partition coefficient (Wildman–Crippen LogP) is 0.289. The molecule has 4 nitrogen and oxygen atoms in total. The molecular weight excluding hydrogens is 144 g/mol. The molecule has 4 heteroatoms. The van der Waals surface area contributed by atoms with Crippen LogP contribution in [0, 0.1) is 0 Å². The van der Waals surface area contributed by atoms with Crippen LogP contribution in [0.3, 0.4) is 0 Å². The molecule has 1 heterocycles. The van der Waals surface area contributed by atoms with E-state index in [2.05, 4.69) is 15.3 Å². The molecule has 1 fully saturated rings. The minimum absolute atomic E-state index is 0.0932. The zero-order valence-electron chi connectivity index (χ0n) is 6.59. The van der Waals surface area contributed by atoms with Crippen LogP contribution in [0.15, 0.2) is 5.16 Å². The van der Waals surface area contributed by atoms with E-state index in [9.17, 15) is 4.79 Å². The molecule has 0 aromatic rings. The molecule has 0 bridgehead atoms. The molecule has 0 saturated carbocycles. The molecule has 0 unspecified atom stereocenters. The first-order valence-electron chi connectivity index (χ1n) is 3.73. The highest BCUT2D eigenvalue weighted by Gasteiger charge is 2.14. The Morgan fingerprint density at radius 3 is 3.09 bits per heavy atom. The van der Waals surface area contributed by atoms with E-state index < -0.39 is 0 Å². The van der Waals surface area contributed by atoms with E-state index >= 15 is 0 Å². The molecule has 1 saturated heterocycles. The maximum atomic E-state index is 11.1. The molecule has 1 rings (SSSR count). The number of nitrogens with zero attached hydrogens (tertiary/aromatic N) is 1. The third-order valence-corrected chi connectivity index (χ3v) is 1.59. The summed E-state index contributed by atoms with van der Waals surface area (Å²) in [4.78, 5) is 15.6. The Hall–Kier alpha value is -1.06. The normalized spacial score (nSPS) is 22.6. The summed E-state index contributed by atoms with van der Waals surface area (Å²) in [6, 6.07) is 0. The van der Waals surface area contributed by atoms with Gasteiger partial charge in [0, 0.05) is 6.54 Å². The molecule has 1 aliphatic rings. The number of rotatable bonds is 1. The van der Waals surface area contributed by atoms with Gasteiger partial charge in [-0.2, -0.15) is 0 Å². The van der Waals surface area contributed by atoms with E-state index in [0.717, 1.165) is 25.8 Å². The third kappa shape index (κ3) is 2.22. The zero-order chi connectivity index (χ0) is 8.10. The van der Waals surface area contributed by atoms with Gasteiger partial charge < -0.3 is 10.2 Å². The van der Waals surface area contributed by atoms with Crippen LogP contribution in [0.5, 0.6) is 0 Å². The Labute approximate surface area is 65.6 Å². The molecule has 0 atom stereocenters. The van der Waals surface area contributed by atoms with Crippen LogP contribution >= 0.6 is 0 Å². The Bertz CT molecular complexity index is 177. The molecule has 62 valence electrons. The van der Waals surface area contributed by atoms with Gasteiger partial charge in [0.25, 0.3) is 5.91 Å². The summed E-state index contributed by atoms with van der Waals surface area (Å²) in [5.74, 6) is -0.0932. The lowest BCUT2D eigenvalue weighted by Gasteiger charge is -1.98. The lowest BCUT2D eigenvalue weighted by Crippen LogP contribution is -2.29. The highest BCUT2D eigenvalue weighted by Crippen LogP contribution is 2.02. The molecule has 11 heavy (non-hydrogen) atoms. The molecule has 1 aliphatic heterocycles. The Morgan fingerprint density at radius 2 is 2.36 bits per heavy atom. The summed E-state index contributed by atoms with van der Waals surface area (Å²) in [6.07, 6.45) is 2.75. The van der Waals surface area contributed by atoms with E-state index in [4.69, 9.17) is 0 Å². The first-order valence-corrected chi connectivity index (χ1v) is 3.73. The predicted molar refractivity (Wildman–Crippen MR) is 41.3 cm³/mol. The van der Waals surface area contributed by atoms with Crippen molar-refractivity contribution in [2.24, 2.45) is 5.16 Å². The van der Waals surface area contributed by atoms with E-state index in [-0.39, 0.29) is 5.91 Å². The van der Waals surface area contributed by atoms with E-state index in [1.54, 1.807) is 0 Å². The molecule has 0 aromatic heterocycles. The van der Waals surface area contributed by atoms with Crippen LogP contribution in [-0.2, 0) is 9.63 Å². The average Bonchev–Trinajstić information content (AvgIpc) is 2.18. The van der Waals surface area contributed by atoms with Crippen molar-refractivity contribution in [3.05, 3.63) is 0 Å². The second kappa shape index (κ2) is 3.95. The number of hydrogen-bond donors (Lipinski definition) is 1. The van der Waals surface area contributed by atoms with Crippen LogP contribution in [0.4, 0.5) is 0 Å². The summed E-state index contributed by atoms with van der Waals surface area (Å²) >= 11 is 0. The summed E-state index contributed by atoms with van der Waals surface area (Å²) in [6.45, 7) is 0.752. The fourth-order valence-corrected chi connectivity index (χ4v) is 1.03. The minimum Gasteiger partial charge on any atom is -0.399 e. The van der Waals surface area contributed by atoms with Crippen LogP contribution in [-0.4, -0.2) is 25.3 Å². The average molecular weight is 156 g/mol. The summed E-state index contributed by atoms with van der Waals surface area (Å²) in [7, 11) is 1.45. The largest absolute Gasteiger partial charge is 0.399 e. The highest BCUT2D eigenvalue weighted by molar-refractivity contribution is 6.38. The number of nitrogens with one attached hydrogen (secondary N) is 1. The maximum absolute atomic E-state index is 11.1. The number of carbonyl (C=O) groups is 1. The fourth-order valence-electron chi connectivity index (χ4n) is 1.03. The van der Waals surface area contributed by atoms with Gasteiger partial charge in [-0.3, -0.25) is 4.79 Å². The van der Waals surface area contributed by atoms with Gasteiger partial charge in [-0.15, -0.1) is 0 Å². The van der Waals surface area contributed by atoms with Gasteiger partial charge >= 0.3 is 0 Å². The van der Waals surface area contributed by atoms with Crippen LogP contribution in [0.25, 0.3) is 0 Å². The van der Waals surface area contributed by atoms with Gasteiger partial charge in [0.1, 0.15) is 12.8 Å². The number of oxime groups is 1. The van der Waals surface area contributed by atoms with E-state index in [1.807, 2.05) is 0 Å². The van der Waals surface area contributed by atoms with Gasteiger partial charge in [-0.05, 0) is 19.3 Å². The van der Waals surface area contributed by atoms with Crippen molar-refractivity contribution in [3.8, 4) is 0 Å². The lowest BCUT2D eigenvalue weighted by molar-refractivity contribution is -0.114. The van der Waals surface area contributed by atoms with Crippen molar-refractivity contribution in [3.63, 3.8) is 0 Å². The van der Waals surface area contributed by atoms with E-state index in [0.29, 0.717) is 5.71 Å². The molecule has 1 N–H and O–H groups in total. The van der Waals surface area contributed by atoms with Crippen molar-refractivity contribution < 1.29 is 9.63 Å². The second-order valence-corrected chi connectivity index (χ2v) is 2.43. The van der Waals surface area contributed by atoms with E-state index in [1.165, 1.54) is 7.11 Å². The molecule has 0 aliphatic carbocycles. The number of carbonyl (C=O) groups excluding carboxylic acids is 1. The van der Waals surface area contributed by atoms with Gasteiger partial charge in [-0.25, -0.2) is 0 Å². The molecular formula is C7H12N2O2. The van der Waals surface area contributed by atoms with Gasteiger partial charge in [0.2, 0.25) is 0 Å². The lowest BCUT2D eigenvalue weighted by atomic mass is 10.2. The van der Waals surface area contributed by atoms with Crippen molar-refractivity contribution in [2.75, 3.05) is 13.7 Å². The third-order valence-electron chi connectivity index (χ3n) is 1.59. The van der Waals surface area contributed by atoms with Crippen molar-refractivity contribution in [1.82, 2.24) is 5.32 Å². The SMILES string of the molecule is CO/N=C1/CCCCNC1=O. The molecule has 1 amide bonds. The topological polar surface area (TPSA) is 50.7 Å². The van der Waals surface area contributed by atoms with Crippen LogP contribution in [0.2, 0.25) is 0 Å². The second-order valence-electron chi connectivity index (χ2n) is 2.43. The highest BCUT2D eigenvalue weighted by atomic mass is 16.6. The Balaban J connectivity index is 2.59. The summed E-state index contributed by atoms with van der Waals surface area (Å²) < 4.78 is 0. The quantitative estimate of drug-likeness (QED) is 0.555. The maximum Gasteiger partial charge on any atom is 0.269 e. The van der Waals surface area contributed by atoms with Crippen molar-refractivity contribution >= 4 is 11.6 Å². The van der Waals surface area contributed by atoms with Crippen LogP contribution in [0.1, 0.15) is 19.3 Å². The van der Waals surface area contributed by atoms with Gasteiger partial charge in [-0.1, -0.05) is 5.16 Å². The standard InChI is InChI=1S/C7H12N2O2/c1-11-9-6-4-2-3-5-8-7(6)10/h2-5H2,1H3,(H,8,10)/b9-6-. The van der Waals surface area contributed by atoms with Crippen molar-refractivity contribution in [1.29, 1.82) is 0 Å². The molecule has 0 radical (unpaired) electrons. The smallest absolute Gasteiger partial charge is 0.269 e. The van der Waals surface area contributed by atoms with Crippen molar-refractivity contribution in [2.45, 2.75) is 19.3 Å². The number of hydrogen-bond acceptors (Lipinski definition) is 3. The van der Waals surface area contributed by atoms with Gasteiger partial charge in [0.15, 0.2) is 0 Å². The minimum atomic E-state index is -0.0932. The summed E-state index contributed by atoms with van der Waals surface area (Å²) in [5, 5.41) is 6.36. The molecule has 0 spiro atoms. The Kier molecular flexibility index (Phi) is 2.89. The molecule has 0 aromatic carbocycles. The fraction of sp³-hybridized carbons (Fsp3) is 0.714. The summed E-state index contributed by atoms with van der Waals surface area (Å²) in [5.41, 5.74) is 0.505. The zero-order valence-corrected chi connectivity index (χ0v) is 6.59. The first kappa shape index (κ1) is 8.04.